The van der Waals surface area contributed by atoms with Gasteiger partial charge in [-0.3, -0.25) is 0 Å². The zero-order valence-electron chi connectivity index (χ0n) is 39.3. The van der Waals surface area contributed by atoms with Crippen LogP contribution in [0.15, 0.2) is 48.5 Å². The molecule has 4 aliphatic rings. The number of hydrogen-bond donors (Lipinski definition) is 0. The first-order valence-corrected chi connectivity index (χ1v) is 23.3. The van der Waals surface area contributed by atoms with E-state index in [9.17, 15) is 0 Å². The molecule has 0 aliphatic heterocycles. The molecule has 2 nitrogen and oxygen atoms in total. The van der Waals surface area contributed by atoms with Gasteiger partial charge in [0.25, 0.3) is 0 Å². The molecule has 4 aliphatic carbocycles. The van der Waals surface area contributed by atoms with Crippen LogP contribution in [0.2, 0.25) is 0 Å². The Morgan fingerprint density at radius 2 is 0.583 bits per heavy atom. The van der Waals surface area contributed by atoms with E-state index in [1.165, 1.54) is 100 Å². The number of nitrogens with zero attached hydrogens (tertiary/aromatic N) is 2. The van der Waals surface area contributed by atoms with Crippen molar-refractivity contribution in [2.45, 2.75) is 180 Å². The Hall–Kier alpha value is -4.30. The quantitative estimate of drug-likeness (QED) is 0.145. The lowest BCUT2D eigenvalue weighted by atomic mass is 9.81. The van der Waals surface area contributed by atoms with Crippen molar-refractivity contribution >= 4 is 76.2 Å². The summed E-state index contributed by atoms with van der Waals surface area (Å²) < 4.78 is 5.66. The van der Waals surface area contributed by atoms with Crippen LogP contribution in [0.25, 0.3) is 76.2 Å². The van der Waals surface area contributed by atoms with Gasteiger partial charge >= 0.3 is 0 Å². The van der Waals surface area contributed by atoms with Crippen LogP contribution >= 0.6 is 0 Å². The van der Waals surface area contributed by atoms with Gasteiger partial charge in [0, 0.05) is 43.1 Å². The second-order valence-corrected chi connectivity index (χ2v) is 26.2. The van der Waals surface area contributed by atoms with E-state index in [1.807, 2.05) is 0 Å². The van der Waals surface area contributed by atoms with Crippen molar-refractivity contribution in [3.05, 3.63) is 93.0 Å². The highest BCUT2D eigenvalue weighted by Gasteiger charge is 2.49. The zero-order chi connectivity index (χ0) is 42.3. The van der Waals surface area contributed by atoms with Gasteiger partial charge in [0.2, 0.25) is 0 Å². The Balaban J connectivity index is 1.39. The molecular weight excluding hydrogens is 725 g/mol. The molecule has 0 saturated carbocycles. The van der Waals surface area contributed by atoms with Gasteiger partial charge in [0.1, 0.15) is 0 Å². The fraction of sp³-hybridized carbons (Fsp3) is 0.483. The average molecular weight is 789 g/mol. The molecule has 9 aromatic rings. The van der Waals surface area contributed by atoms with E-state index in [4.69, 9.17) is 0 Å². The molecule has 306 valence electrons. The zero-order valence-corrected chi connectivity index (χ0v) is 39.3. The molecule has 0 atom stereocenters. The third-order valence-corrected chi connectivity index (χ3v) is 17.8. The van der Waals surface area contributed by atoms with Crippen molar-refractivity contribution < 1.29 is 0 Å². The van der Waals surface area contributed by atoms with Gasteiger partial charge in [0.05, 0.1) is 33.1 Å². The van der Waals surface area contributed by atoms with Gasteiger partial charge in [-0.25, -0.2) is 0 Å². The number of hydrogen-bond acceptors (Lipinski definition) is 0. The van der Waals surface area contributed by atoms with Crippen LogP contribution in [-0.2, 0) is 43.3 Å². The van der Waals surface area contributed by atoms with E-state index in [1.54, 1.807) is 33.4 Å². The van der Waals surface area contributed by atoms with E-state index in [0.29, 0.717) is 0 Å². The van der Waals surface area contributed by atoms with E-state index < -0.39 is 0 Å². The van der Waals surface area contributed by atoms with Crippen LogP contribution in [0.5, 0.6) is 0 Å². The van der Waals surface area contributed by atoms with Crippen LogP contribution < -0.4 is 0 Å². The molecule has 60 heavy (non-hydrogen) atoms. The van der Waals surface area contributed by atoms with E-state index in [0.717, 1.165) is 12.8 Å². The van der Waals surface area contributed by atoms with E-state index in [2.05, 4.69) is 168 Å². The molecule has 0 saturated heterocycles. The van der Waals surface area contributed by atoms with Crippen molar-refractivity contribution in [1.82, 2.24) is 8.80 Å². The Kier molecular flexibility index (Phi) is 5.86. The number of benzene rings is 5. The SMILES string of the molecule is CC1(C)CC(C)(C)c2cc3c(cc21)c1c2c4ccc5c(c4n4c6cc7c(cc6c(c6c8ccc9c(c8n3c16)C(C)(C)CC9(C)C)c24)C(C)(C)CC7(C)C)C(C)(C)CC5(C)C. The average Bonchev–Trinajstić information content (AvgIpc) is 3.93. The van der Waals surface area contributed by atoms with Crippen molar-refractivity contribution in [3.63, 3.8) is 0 Å². The molecule has 5 aromatic carbocycles. The number of aromatic nitrogens is 2. The van der Waals surface area contributed by atoms with Crippen molar-refractivity contribution in [3.8, 4) is 0 Å². The Bertz CT molecular complexity index is 3290. The fourth-order valence-corrected chi connectivity index (χ4v) is 16.8. The maximum absolute atomic E-state index is 2.83. The summed E-state index contributed by atoms with van der Waals surface area (Å²) in [7, 11) is 0. The summed E-state index contributed by atoms with van der Waals surface area (Å²) in [5.41, 5.74) is 21.8. The third kappa shape index (κ3) is 3.82. The van der Waals surface area contributed by atoms with Crippen LogP contribution in [0.1, 0.15) is 181 Å². The summed E-state index contributed by atoms with van der Waals surface area (Å²) in [5.74, 6) is 0. The van der Waals surface area contributed by atoms with Gasteiger partial charge in [-0.2, -0.15) is 0 Å². The van der Waals surface area contributed by atoms with E-state index >= 15 is 0 Å². The van der Waals surface area contributed by atoms with Gasteiger partial charge < -0.3 is 8.80 Å². The number of fused-ring (bicyclic) bond motifs is 20. The van der Waals surface area contributed by atoms with Crippen molar-refractivity contribution in [1.29, 1.82) is 0 Å². The van der Waals surface area contributed by atoms with Gasteiger partial charge in [0.15, 0.2) is 0 Å². The molecule has 0 N–H and O–H groups in total. The summed E-state index contributed by atoms with van der Waals surface area (Å²) in [5, 5.41) is 11.7. The monoisotopic (exact) mass is 789 g/mol. The highest BCUT2D eigenvalue weighted by Crippen LogP contribution is 2.61. The molecule has 0 unspecified atom stereocenters. The summed E-state index contributed by atoms with van der Waals surface area (Å²) in [6.07, 6.45) is 4.65. The predicted molar refractivity (Wildman–Crippen MR) is 258 cm³/mol. The fourth-order valence-electron chi connectivity index (χ4n) is 16.8. The second kappa shape index (κ2) is 9.67. The molecule has 2 heteroatoms. The van der Waals surface area contributed by atoms with Crippen LogP contribution in [0, 0.1) is 0 Å². The lowest BCUT2D eigenvalue weighted by molar-refractivity contribution is 0.403. The highest BCUT2D eigenvalue weighted by molar-refractivity contribution is 6.45. The Morgan fingerprint density at radius 1 is 0.300 bits per heavy atom. The minimum Gasteiger partial charge on any atom is -0.308 e. The smallest absolute Gasteiger partial charge is 0.0634 e. The maximum Gasteiger partial charge on any atom is 0.0634 e. The standard InChI is InChI=1S/C58H64N2/c1-51(2)27-57(13,14)45-33(51)19-17-29-41-43-32-22-36-38(56(11,12)26-54(36,7)8)24-40(32)60-48-30(18-20-34-46(48)58(15,16)28-52(34,3)4)42(50(43)60)44-31-21-35-37(55(9,10)25-53(35,5)6)23-39(31)59(47(29)45)49(41)44/h17-24H,25-28H2,1-16H3. The first kappa shape index (κ1) is 36.4. The second-order valence-electron chi connectivity index (χ2n) is 26.2. The van der Waals surface area contributed by atoms with E-state index in [-0.39, 0.29) is 43.3 Å². The Labute approximate surface area is 356 Å². The molecule has 4 aromatic heterocycles. The van der Waals surface area contributed by atoms with Gasteiger partial charge in [-0.1, -0.05) is 135 Å². The summed E-state index contributed by atoms with van der Waals surface area (Å²) in [6, 6.07) is 20.9. The lowest BCUT2D eigenvalue weighted by Crippen LogP contribution is -2.18. The van der Waals surface area contributed by atoms with Gasteiger partial charge in [-0.05, 0) is 138 Å². The topological polar surface area (TPSA) is 8.82 Å². The third-order valence-electron chi connectivity index (χ3n) is 17.8. The predicted octanol–water partition coefficient (Wildman–Crippen LogP) is 15.8. The minimum atomic E-state index is 0.0438. The maximum atomic E-state index is 2.83. The molecule has 0 fully saturated rings. The molecular formula is C58H64N2. The van der Waals surface area contributed by atoms with Gasteiger partial charge in [-0.15, -0.1) is 0 Å². The minimum absolute atomic E-state index is 0.0438. The molecule has 4 heterocycles. The molecule has 0 bridgehead atoms. The first-order chi connectivity index (χ1) is 27.7. The summed E-state index contributed by atoms with van der Waals surface area (Å²) in [6.45, 7) is 40.0. The molecule has 0 amide bonds. The molecule has 13 rings (SSSR count). The lowest BCUT2D eigenvalue weighted by Gasteiger charge is -2.23. The van der Waals surface area contributed by atoms with Crippen molar-refractivity contribution in [2.24, 2.45) is 0 Å². The summed E-state index contributed by atoms with van der Waals surface area (Å²) >= 11 is 0. The highest BCUT2D eigenvalue weighted by atomic mass is 15.0. The molecule has 0 spiro atoms. The normalized spacial score (nSPS) is 23.5. The largest absolute Gasteiger partial charge is 0.308 e. The first-order valence-electron chi connectivity index (χ1n) is 23.3. The Morgan fingerprint density at radius 3 is 0.933 bits per heavy atom. The van der Waals surface area contributed by atoms with Crippen LogP contribution in [-0.4, -0.2) is 8.80 Å². The number of rotatable bonds is 0. The van der Waals surface area contributed by atoms with Crippen LogP contribution in [0.3, 0.4) is 0 Å². The molecule has 0 radical (unpaired) electrons. The van der Waals surface area contributed by atoms with Crippen molar-refractivity contribution in [2.75, 3.05) is 0 Å². The summed E-state index contributed by atoms with van der Waals surface area (Å²) in [4.78, 5) is 0. The van der Waals surface area contributed by atoms with Crippen LogP contribution in [0.4, 0.5) is 0 Å².